The van der Waals surface area contributed by atoms with Gasteiger partial charge >= 0.3 is 0 Å². The molecule has 0 radical (unpaired) electrons. The van der Waals surface area contributed by atoms with Gasteiger partial charge in [-0.05, 0) is 52.9 Å². The van der Waals surface area contributed by atoms with Crippen LogP contribution in [0.5, 0.6) is 0 Å². The van der Waals surface area contributed by atoms with Gasteiger partial charge in [0.25, 0.3) is 0 Å². The number of nitrogens with zero attached hydrogens (tertiary/aromatic N) is 4. The van der Waals surface area contributed by atoms with Crippen molar-refractivity contribution in [1.29, 1.82) is 0 Å². The SMILES string of the molecule is C=c1/c(=c2/c3ccccc3n3c2c(C)c2ccccc23)c2cc3ccccc3cc2n1-c1cnc2c(n1)-c1cccc3cccc-2c13. The standard InChI is InChI=1S/C43H26N4/c1-24-29-15-5-7-19-34(29)47-35-20-8-6-16-30(35)40(43(24)47)38-25(2)46(36-22-28-12-4-3-11-27(28)21-33(36)38)37-23-44-41-31-17-9-13-26-14-10-18-32(39(26)31)42(41)45-37/h3-23H,2H2,1H3/b40-38+. The summed E-state index contributed by atoms with van der Waals surface area (Å²) in [7, 11) is 0. The van der Waals surface area contributed by atoms with Crippen molar-refractivity contribution in [3.8, 4) is 28.3 Å². The zero-order valence-electron chi connectivity index (χ0n) is 25.6. The Labute approximate surface area is 268 Å². The first-order chi connectivity index (χ1) is 23.2. The number of aromatic nitrogens is 4. The Bertz CT molecular complexity index is 3160. The Kier molecular flexibility index (Phi) is 4.63. The minimum atomic E-state index is 0.772. The van der Waals surface area contributed by atoms with Gasteiger partial charge in [0.15, 0.2) is 5.82 Å². The highest BCUT2D eigenvalue weighted by atomic mass is 15.1. The van der Waals surface area contributed by atoms with E-state index in [4.69, 9.17) is 16.5 Å². The summed E-state index contributed by atoms with van der Waals surface area (Å²) in [5.74, 6) is 0.772. The van der Waals surface area contributed by atoms with Crippen LogP contribution < -0.4 is 5.35 Å². The molecule has 0 bridgehead atoms. The van der Waals surface area contributed by atoms with Crippen LogP contribution in [0.3, 0.4) is 0 Å². The molecule has 6 aromatic carbocycles. The molecule has 0 atom stereocenters. The average molecular weight is 599 g/mol. The maximum atomic E-state index is 5.38. The van der Waals surface area contributed by atoms with Gasteiger partial charge in [-0.1, -0.05) is 104 Å². The summed E-state index contributed by atoms with van der Waals surface area (Å²) in [6.07, 6.45) is 1.92. The van der Waals surface area contributed by atoms with Crippen molar-refractivity contribution < 1.29 is 0 Å². The highest BCUT2D eigenvalue weighted by Gasteiger charge is 2.25. The van der Waals surface area contributed by atoms with E-state index in [2.05, 4.69) is 137 Å². The van der Waals surface area contributed by atoms with Gasteiger partial charge in [-0.2, -0.15) is 0 Å². The molecule has 0 saturated carbocycles. The van der Waals surface area contributed by atoms with Gasteiger partial charge in [0.05, 0.1) is 39.7 Å². The van der Waals surface area contributed by atoms with Crippen LogP contribution in [0.4, 0.5) is 0 Å². The van der Waals surface area contributed by atoms with Crippen molar-refractivity contribution in [3.63, 3.8) is 0 Å². The molecule has 0 fully saturated rings. The molecule has 1 aliphatic rings. The molecule has 0 aliphatic heterocycles. The molecule has 0 amide bonds. The van der Waals surface area contributed by atoms with Crippen molar-refractivity contribution in [2.24, 2.45) is 0 Å². The second-order valence-corrected chi connectivity index (χ2v) is 12.7. The molecule has 0 spiro atoms. The Morgan fingerprint density at radius 2 is 1.21 bits per heavy atom. The maximum absolute atomic E-state index is 5.38. The molecule has 11 rings (SSSR count). The summed E-state index contributed by atoms with van der Waals surface area (Å²) in [6.45, 7) is 7.09. The second-order valence-electron chi connectivity index (χ2n) is 12.7. The van der Waals surface area contributed by atoms with E-state index >= 15 is 0 Å². The van der Waals surface area contributed by atoms with E-state index < -0.39 is 0 Å². The summed E-state index contributed by atoms with van der Waals surface area (Å²) >= 11 is 0. The Balaban J connectivity index is 1.36. The zero-order chi connectivity index (χ0) is 31.0. The third-order valence-electron chi connectivity index (χ3n) is 10.4. The third kappa shape index (κ3) is 3.07. The normalized spacial score (nSPS) is 13.2. The van der Waals surface area contributed by atoms with Gasteiger partial charge in [0.2, 0.25) is 0 Å². The third-order valence-corrected chi connectivity index (χ3v) is 10.4. The van der Waals surface area contributed by atoms with Gasteiger partial charge in [-0.3, -0.25) is 9.55 Å². The number of aryl methyl sites for hydroxylation is 1. The highest BCUT2D eigenvalue weighted by Crippen LogP contribution is 2.45. The number of fused-ring (bicyclic) bond motifs is 10. The van der Waals surface area contributed by atoms with Crippen molar-refractivity contribution >= 4 is 66.3 Å². The van der Waals surface area contributed by atoms with Gasteiger partial charge in [0, 0.05) is 48.5 Å². The lowest BCUT2D eigenvalue weighted by atomic mass is 10.0. The van der Waals surface area contributed by atoms with Crippen LogP contribution in [0, 0.1) is 17.4 Å². The molecule has 0 unspecified atom stereocenters. The van der Waals surface area contributed by atoms with Gasteiger partial charge < -0.3 is 4.40 Å². The lowest BCUT2D eigenvalue weighted by Crippen LogP contribution is -2.15. The van der Waals surface area contributed by atoms with Crippen LogP contribution >= 0.6 is 0 Å². The predicted molar refractivity (Wildman–Crippen MR) is 194 cm³/mol. The first-order valence-electron chi connectivity index (χ1n) is 16.0. The molecule has 218 valence electrons. The summed E-state index contributed by atoms with van der Waals surface area (Å²) < 4.78 is 4.66. The van der Waals surface area contributed by atoms with E-state index in [0.29, 0.717) is 0 Å². The summed E-state index contributed by atoms with van der Waals surface area (Å²) in [5.41, 5.74) is 10.1. The number of hydrogen-bond acceptors (Lipinski definition) is 2. The summed E-state index contributed by atoms with van der Waals surface area (Å²) in [5, 5.41) is 11.7. The molecule has 0 N–H and O–H groups in total. The Morgan fingerprint density at radius 3 is 2.00 bits per heavy atom. The molecule has 1 aliphatic carbocycles. The number of benzene rings is 6. The summed E-state index contributed by atoms with van der Waals surface area (Å²) in [6, 6.07) is 43.6. The Morgan fingerprint density at radius 1 is 0.574 bits per heavy atom. The topological polar surface area (TPSA) is 35.1 Å². The van der Waals surface area contributed by atoms with Crippen molar-refractivity contribution in [2.45, 2.75) is 6.92 Å². The van der Waals surface area contributed by atoms with Crippen LogP contribution in [-0.4, -0.2) is 18.9 Å². The van der Waals surface area contributed by atoms with Crippen LogP contribution in [0.25, 0.3) is 94.7 Å². The van der Waals surface area contributed by atoms with Crippen LogP contribution in [0.2, 0.25) is 0 Å². The first-order valence-corrected chi connectivity index (χ1v) is 16.0. The first kappa shape index (κ1) is 25.0. The van der Waals surface area contributed by atoms with E-state index in [1.165, 1.54) is 59.6 Å². The average Bonchev–Trinajstić information content (AvgIpc) is 3.80. The minimum absolute atomic E-state index is 0.772. The van der Waals surface area contributed by atoms with Crippen LogP contribution in [0.1, 0.15) is 5.56 Å². The molecule has 47 heavy (non-hydrogen) atoms. The highest BCUT2D eigenvalue weighted by molar-refractivity contribution is 6.13. The molecule has 4 heteroatoms. The minimum Gasteiger partial charge on any atom is -0.308 e. The monoisotopic (exact) mass is 598 g/mol. The number of hydrogen-bond donors (Lipinski definition) is 0. The van der Waals surface area contributed by atoms with E-state index in [-0.39, 0.29) is 0 Å². The number of para-hydroxylation sites is 2. The van der Waals surface area contributed by atoms with E-state index in [0.717, 1.165) is 49.8 Å². The Hall–Kier alpha value is -6.26. The largest absolute Gasteiger partial charge is 0.308 e. The molecule has 0 saturated heterocycles. The smallest absolute Gasteiger partial charge is 0.156 e. The maximum Gasteiger partial charge on any atom is 0.156 e. The number of rotatable bonds is 1. The van der Waals surface area contributed by atoms with E-state index in [1.54, 1.807) is 0 Å². The van der Waals surface area contributed by atoms with E-state index in [1.807, 2.05) is 6.20 Å². The van der Waals surface area contributed by atoms with Crippen molar-refractivity contribution in [2.75, 3.05) is 0 Å². The lowest BCUT2D eigenvalue weighted by molar-refractivity contribution is 0.990. The zero-order valence-corrected chi connectivity index (χ0v) is 25.6. The van der Waals surface area contributed by atoms with E-state index in [9.17, 15) is 0 Å². The molecular formula is C43H26N4. The second kappa shape index (κ2) is 8.71. The fraction of sp³-hybridized carbons (Fsp3) is 0.0233. The lowest BCUT2D eigenvalue weighted by Gasteiger charge is -2.08. The molecule has 10 aromatic rings. The molecule has 4 heterocycles. The fourth-order valence-electron chi connectivity index (χ4n) is 8.39. The van der Waals surface area contributed by atoms with Crippen LogP contribution in [0.15, 0.2) is 128 Å². The quantitative estimate of drug-likeness (QED) is 0.189. The molecular weight excluding hydrogens is 573 g/mol. The van der Waals surface area contributed by atoms with Gasteiger partial charge in [-0.15, -0.1) is 0 Å². The fourth-order valence-corrected chi connectivity index (χ4v) is 8.39. The van der Waals surface area contributed by atoms with Crippen molar-refractivity contribution in [1.82, 2.24) is 18.9 Å². The predicted octanol–water partition coefficient (Wildman–Crippen LogP) is 9.66. The summed E-state index contributed by atoms with van der Waals surface area (Å²) in [4.78, 5) is 10.5. The molecule has 4 aromatic heterocycles. The van der Waals surface area contributed by atoms with Gasteiger partial charge in [-0.25, -0.2) is 4.98 Å². The van der Waals surface area contributed by atoms with Crippen molar-refractivity contribution in [3.05, 3.63) is 149 Å². The van der Waals surface area contributed by atoms with Gasteiger partial charge in [0.1, 0.15) is 0 Å². The van der Waals surface area contributed by atoms with Crippen LogP contribution in [-0.2, 0) is 0 Å². The molecule has 4 nitrogen and oxygen atoms in total.